The van der Waals surface area contributed by atoms with Gasteiger partial charge in [0.05, 0.1) is 23.4 Å². The van der Waals surface area contributed by atoms with Gasteiger partial charge in [0.15, 0.2) is 0 Å². The van der Waals surface area contributed by atoms with Crippen molar-refractivity contribution in [3.05, 3.63) is 58.9 Å². The van der Waals surface area contributed by atoms with Crippen LogP contribution in [0.5, 0.6) is 5.75 Å². The summed E-state index contributed by atoms with van der Waals surface area (Å²) < 4.78 is 6.61. The summed E-state index contributed by atoms with van der Waals surface area (Å²) in [4.78, 5) is 21.1. The van der Waals surface area contributed by atoms with Crippen LogP contribution in [0, 0.1) is 0 Å². The molecule has 0 spiro atoms. The number of carbonyl (C=O) groups is 1. The van der Waals surface area contributed by atoms with Crippen LogP contribution >= 0.6 is 22.9 Å². The van der Waals surface area contributed by atoms with E-state index in [1.807, 2.05) is 43.3 Å². The molecule has 0 saturated carbocycles. The number of hydrogen-bond donors (Lipinski definition) is 2. The number of benzene rings is 2. The summed E-state index contributed by atoms with van der Waals surface area (Å²) in [6.07, 6.45) is 0.271. The van der Waals surface area contributed by atoms with Crippen molar-refractivity contribution in [1.29, 1.82) is 0 Å². The molecular formula is C22H20ClN3O3S. The number of aromatic nitrogens is 2. The molecular weight excluding hydrogens is 422 g/mol. The van der Waals surface area contributed by atoms with Crippen LogP contribution in [0.4, 0.5) is 5.82 Å². The topological polar surface area (TPSA) is 84.3 Å². The molecule has 0 aliphatic carbocycles. The second-order valence-electron chi connectivity index (χ2n) is 6.71. The van der Waals surface area contributed by atoms with Crippen LogP contribution in [0.15, 0.2) is 42.5 Å². The Hall–Kier alpha value is -2.90. The van der Waals surface area contributed by atoms with Gasteiger partial charge in [-0.05, 0) is 30.7 Å². The highest BCUT2D eigenvalue weighted by Gasteiger charge is 2.15. The van der Waals surface area contributed by atoms with Gasteiger partial charge in [0.2, 0.25) is 0 Å². The zero-order chi connectivity index (χ0) is 21.1. The summed E-state index contributed by atoms with van der Waals surface area (Å²) in [5.74, 6) is 1.01. The second kappa shape index (κ2) is 8.85. The van der Waals surface area contributed by atoms with Crippen LogP contribution < -0.4 is 10.1 Å². The van der Waals surface area contributed by atoms with Crippen molar-refractivity contribution in [2.45, 2.75) is 26.3 Å². The molecule has 6 nitrogen and oxygen atoms in total. The number of rotatable bonds is 8. The maximum Gasteiger partial charge on any atom is 0.303 e. The highest BCUT2D eigenvalue weighted by atomic mass is 35.5. The lowest BCUT2D eigenvalue weighted by Crippen LogP contribution is -2.07. The van der Waals surface area contributed by atoms with Crippen LogP contribution in [0.2, 0.25) is 5.02 Å². The fourth-order valence-electron chi connectivity index (χ4n) is 3.24. The van der Waals surface area contributed by atoms with Gasteiger partial charge < -0.3 is 15.2 Å². The molecule has 0 fully saturated rings. The van der Waals surface area contributed by atoms with Gasteiger partial charge >= 0.3 is 5.97 Å². The molecule has 0 aliphatic rings. The molecule has 2 N–H and O–H groups in total. The molecule has 0 saturated heterocycles. The Kier molecular flexibility index (Phi) is 6.01. The summed E-state index contributed by atoms with van der Waals surface area (Å²) in [5, 5.41) is 15.0. The smallest absolute Gasteiger partial charge is 0.303 e. The van der Waals surface area contributed by atoms with Crippen molar-refractivity contribution in [1.82, 2.24) is 9.97 Å². The quantitative estimate of drug-likeness (QED) is 0.374. The Bertz CT molecular complexity index is 1230. The molecule has 0 amide bonds. The minimum atomic E-state index is -0.867. The van der Waals surface area contributed by atoms with Crippen molar-refractivity contribution >= 4 is 55.0 Å². The first-order valence-corrected chi connectivity index (χ1v) is 10.8. The van der Waals surface area contributed by atoms with E-state index in [0.29, 0.717) is 35.6 Å². The molecule has 4 aromatic rings. The highest BCUT2D eigenvalue weighted by Crippen LogP contribution is 2.36. The number of anilines is 1. The lowest BCUT2D eigenvalue weighted by molar-refractivity contribution is -0.137. The van der Waals surface area contributed by atoms with Crippen LogP contribution in [0.25, 0.3) is 20.3 Å². The number of ether oxygens (including phenoxy) is 1. The van der Waals surface area contributed by atoms with Crippen molar-refractivity contribution in [2.75, 3.05) is 11.9 Å². The predicted molar refractivity (Wildman–Crippen MR) is 121 cm³/mol. The van der Waals surface area contributed by atoms with Crippen molar-refractivity contribution in [3.63, 3.8) is 0 Å². The molecule has 0 bridgehead atoms. The van der Waals surface area contributed by atoms with E-state index in [9.17, 15) is 4.79 Å². The van der Waals surface area contributed by atoms with E-state index in [2.05, 4.69) is 21.4 Å². The van der Waals surface area contributed by atoms with E-state index in [4.69, 9.17) is 21.4 Å². The zero-order valence-electron chi connectivity index (χ0n) is 16.3. The lowest BCUT2D eigenvalue weighted by Gasteiger charge is -2.11. The van der Waals surface area contributed by atoms with Crippen LogP contribution in [-0.4, -0.2) is 27.7 Å². The number of aryl methyl sites for hydroxylation is 1. The van der Waals surface area contributed by atoms with Crippen molar-refractivity contribution in [2.24, 2.45) is 0 Å². The number of carboxylic acid groups (broad SMARTS) is 1. The first kappa shape index (κ1) is 20.4. The Morgan fingerprint density at radius 1 is 1.23 bits per heavy atom. The Labute approximate surface area is 182 Å². The number of thiophene rings is 1. The van der Waals surface area contributed by atoms with Gasteiger partial charge in [-0.2, -0.15) is 0 Å². The minimum Gasteiger partial charge on any atom is -0.492 e. The van der Waals surface area contributed by atoms with Gasteiger partial charge in [-0.25, -0.2) is 9.97 Å². The normalized spacial score (nSPS) is 11.1. The molecule has 2 aromatic heterocycles. The third kappa shape index (κ3) is 4.32. The molecule has 0 atom stereocenters. The fraction of sp³-hybridized carbons (Fsp3) is 0.227. The van der Waals surface area contributed by atoms with E-state index in [1.165, 1.54) is 0 Å². The van der Waals surface area contributed by atoms with E-state index in [-0.39, 0.29) is 12.8 Å². The average molecular weight is 442 g/mol. The van der Waals surface area contributed by atoms with Crippen LogP contribution in [0.3, 0.4) is 0 Å². The van der Waals surface area contributed by atoms with Gasteiger partial charge in [0, 0.05) is 23.1 Å². The van der Waals surface area contributed by atoms with Crippen LogP contribution in [0.1, 0.15) is 24.7 Å². The number of carboxylic acids is 1. The molecule has 0 radical (unpaired) electrons. The molecule has 4 rings (SSSR count). The van der Waals surface area contributed by atoms with Gasteiger partial charge in [-0.15, -0.1) is 11.3 Å². The van der Waals surface area contributed by atoms with Crippen molar-refractivity contribution in [3.8, 4) is 5.75 Å². The molecule has 0 aliphatic heterocycles. The fourth-order valence-corrected chi connectivity index (χ4v) is 4.59. The maximum absolute atomic E-state index is 11.0. The first-order chi connectivity index (χ1) is 14.5. The van der Waals surface area contributed by atoms with Crippen molar-refractivity contribution < 1.29 is 14.6 Å². The molecule has 0 unspecified atom stereocenters. The van der Waals surface area contributed by atoms with Gasteiger partial charge in [0.25, 0.3) is 0 Å². The molecule has 154 valence electrons. The van der Waals surface area contributed by atoms with Gasteiger partial charge in [0.1, 0.15) is 22.2 Å². The number of fused-ring (bicyclic) bond motifs is 3. The van der Waals surface area contributed by atoms with E-state index >= 15 is 0 Å². The van der Waals surface area contributed by atoms with E-state index in [1.54, 1.807) is 11.3 Å². The monoisotopic (exact) mass is 441 g/mol. The lowest BCUT2D eigenvalue weighted by atomic mass is 10.2. The third-order valence-electron chi connectivity index (χ3n) is 4.60. The summed E-state index contributed by atoms with van der Waals surface area (Å²) in [7, 11) is 0. The summed E-state index contributed by atoms with van der Waals surface area (Å²) >= 11 is 7.89. The van der Waals surface area contributed by atoms with E-state index < -0.39 is 5.97 Å². The van der Waals surface area contributed by atoms with Gasteiger partial charge in [-0.3, -0.25) is 4.79 Å². The Morgan fingerprint density at radius 3 is 2.83 bits per heavy atom. The van der Waals surface area contributed by atoms with Crippen LogP contribution in [-0.2, 0) is 17.8 Å². The summed E-state index contributed by atoms with van der Waals surface area (Å²) in [5.41, 5.74) is 0.988. The highest BCUT2D eigenvalue weighted by molar-refractivity contribution is 7.25. The molecule has 8 heteroatoms. The second-order valence-corrected chi connectivity index (χ2v) is 8.15. The Balaban J connectivity index is 1.68. The maximum atomic E-state index is 11.0. The SMILES string of the molecule is CCOc1ccc(CNc2nc(CCC(=O)O)nc3sc4ccccc4c23)cc1Cl. The molecule has 30 heavy (non-hydrogen) atoms. The molecule has 2 heterocycles. The third-order valence-corrected chi connectivity index (χ3v) is 5.96. The Morgan fingerprint density at radius 2 is 2.07 bits per heavy atom. The predicted octanol–water partition coefficient (Wildman–Crippen LogP) is 5.53. The summed E-state index contributed by atoms with van der Waals surface area (Å²) in [6.45, 7) is 2.99. The number of aliphatic carboxylic acids is 1. The average Bonchev–Trinajstić information content (AvgIpc) is 3.11. The first-order valence-electron chi connectivity index (χ1n) is 9.60. The van der Waals surface area contributed by atoms with E-state index in [0.717, 1.165) is 25.9 Å². The van der Waals surface area contributed by atoms with Gasteiger partial charge in [-0.1, -0.05) is 35.9 Å². The number of nitrogens with zero attached hydrogens (tertiary/aromatic N) is 2. The number of hydrogen-bond acceptors (Lipinski definition) is 6. The summed E-state index contributed by atoms with van der Waals surface area (Å²) in [6, 6.07) is 13.8. The number of halogens is 1. The standard InChI is InChI=1S/C22H20ClN3O3S/c1-2-29-16-8-7-13(11-15(16)23)12-24-21-20-14-5-3-4-6-17(14)30-22(20)26-18(25-21)9-10-19(27)28/h3-8,11H,2,9-10,12H2,1H3,(H,27,28)(H,24,25,26). The largest absolute Gasteiger partial charge is 0.492 e. The molecule has 2 aromatic carbocycles. The minimum absolute atomic E-state index is 0.00958. The zero-order valence-corrected chi connectivity index (χ0v) is 17.9. The number of nitrogens with one attached hydrogen (secondary N) is 1.